The van der Waals surface area contributed by atoms with Gasteiger partial charge in [0.1, 0.15) is 22.9 Å². The Kier molecular flexibility index (Phi) is 9.17. The molecule has 1 aromatic carbocycles. The molecule has 0 radical (unpaired) electrons. The van der Waals surface area contributed by atoms with Crippen molar-refractivity contribution in [3.8, 4) is 5.75 Å². The third-order valence-corrected chi connectivity index (χ3v) is 4.82. The summed E-state index contributed by atoms with van der Waals surface area (Å²) in [4.78, 5) is 18.5. The zero-order chi connectivity index (χ0) is 21.6. The second kappa shape index (κ2) is 11.4. The first-order chi connectivity index (χ1) is 14.4. The van der Waals surface area contributed by atoms with Crippen LogP contribution in [0.25, 0.3) is 0 Å². The molecular formula is C22H31IN4O4. The minimum atomic E-state index is -1.19. The Hall–Kier alpha value is -2.27. The fraction of sp³-hybridized carbons (Fsp3) is 0.455. The molecule has 0 fully saturated rings. The minimum absolute atomic E-state index is 0. The van der Waals surface area contributed by atoms with Crippen LogP contribution in [0.1, 0.15) is 31.8 Å². The predicted molar refractivity (Wildman–Crippen MR) is 131 cm³/mol. The molecule has 1 aliphatic rings. The number of furan rings is 1. The number of carbonyl (C=O) groups excluding carboxylic acids is 1. The first-order valence-electron chi connectivity index (χ1n) is 10.2. The second-order valence-electron chi connectivity index (χ2n) is 7.46. The first-order valence-corrected chi connectivity index (χ1v) is 10.2. The van der Waals surface area contributed by atoms with E-state index < -0.39 is 5.60 Å². The summed E-state index contributed by atoms with van der Waals surface area (Å²) in [6.07, 6.45) is 0.734. The van der Waals surface area contributed by atoms with Gasteiger partial charge < -0.3 is 29.8 Å². The van der Waals surface area contributed by atoms with Crippen molar-refractivity contribution in [1.29, 1.82) is 0 Å². The molecule has 1 amide bonds. The number of fused-ring (bicyclic) bond motifs is 1. The van der Waals surface area contributed by atoms with E-state index in [0.29, 0.717) is 31.4 Å². The van der Waals surface area contributed by atoms with Gasteiger partial charge in [-0.05, 0) is 51.5 Å². The van der Waals surface area contributed by atoms with Crippen LogP contribution >= 0.6 is 24.0 Å². The number of aryl methyl sites for hydroxylation is 1. The average Bonchev–Trinajstić information content (AvgIpc) is 3.18. The Labute approximate surface area is 200 Å². The lowest BCUT2D eigenvalue weighted by atomic mass is 10.0. The predicted octanol–water partition coefficient (Wildman–Crippen LogP) is 2.78. The molecule has 1 atom stereocenters. The van der Waals surface area contributed by atoms with E-state index in [2.05, 4.69) is 15.6 Å². The summed E-state index contributed by atoms with van der Waals surface area (Å²) in [7, 11) is 0. The van der Waals surface area contributed by atoms with E-state index in [4.69, 9.17) is 9.15 Å². The van der Waals surface area contributed by atoms with Gasteiger partial charge in [-0.2, -0.15) is 0 Å². The van der Waals surface area contributed by atoms with Crippen molar-refractivity contribution in [3.05, 3.63) is 47.9 Å². The van der Waals surface area contributed by atoms with Crippen LogP contribution in [0.3, 0.4) is 0 Å². The number of ether oxygens (including phenoxy) is 1. The molecule has 3 N–H and O–H groups in total. The molecule has 2 heterocycles. The van der Waals surface area contributed by atoms with Gasteiger partial charge in [-0.25, -0.2) is 4.99 Å². The normalized spacial score (nSPS) is 15.4. The van der Waals surface area contributed by atoms with Crippen LogP contribution in [0.15, 0.2) is 45.8 Å². The maximum Gasteiger partial charge on any atom is 0.265 e. The summed E-state index contributed by atoms with van der Waals surface area (Å²) in [6, 6.07) is 11.1. The number of hydrogen-bond donors (Lipinski definition) is 3. The largest absolute Gasteiger partial charge is 0.482 e. The standard InChI is InChI=1S/C22H30N4O4.HI/c1-4-23-21(25-15-22(3,28)19-11-10-16(2)30-19)24-12-7-13-26-17-8-5-6-9-18(17)29-14-20(26)27;/h5-6,8-11,28H,4,7,12-15H2,1-3H3,(H2,23,24,25);1H. The van der Waals surface area contributed by atoms with Gasteiger partial charge in [-0.3, -0.25) is 4.79 Å². The van der Waals surface area contributed by atoms with Gasteiger partial charge in [-0.15, -0.1) is 24.0 Å². The van der Waals surface area contributed by atoms with Crippen molar-refractivity contribution in [2.24, 2.45) is 4.99 Å². The van der Waals surface area contributed by atoms with Crippen LogP contribution in [0, 0.1) is 6.92 Å². The number of carbonyl (C=O) groups is 1. The number of halogens is 1. The van der Waals surface area contributed by atoms with Crippen molar-refractivity contribution in [2.75, 3.05) is 37.7 Å². The number of amides is 1. The van der Waals surface area contributed by atoms with E-state index in [0.717, 1.165) is 23.6 Å². The fourth-order valence-electron chi connectivity index (χ4n) is 3.22. The highest BCUT2D eigenvalue weighted by Crippen LogP contribution is 2.31. The topological polar surface area (TPSA) is 99.3 Å². The van der Waals surface area contributed by atoms with Crippen LogP contribution in [0.2, 0.25) is 0 Å². The van der Waals surface area contributed by atoms with Crippen molar-refractivity contribution in [1.82, 2.24) is 10.6 Å². The van der Waals surface area contributed by atoms with Crippen molar-refractivity contribution < 1.29 is 19.1 Å². The second-order valence-corrected chi connectivity index (χ2v) is 7.46. The lowest BCUT2D eigenvalue weighted by Crippen LogP contribution is -2.42. The van der Waals surface area contributed by atoms with E-state index in [9.17, 15) is 9.90 Å². The third-order valence-electron chi connectivity index (χ3n) is 4.82. The monoisotopic (exact) mass is 542 g/mol. The number of aliphatic imine (C=N–C) groups is 1. The summed E-state index contributed by atoms with van der Waals surface area (Å²) in [5, 5.41) is 17.1. The number of para-hydroxylation sites is 2. The highest BCUT2D eigenvalue weighted by molar-refractivity contribution is 14.0. The van der Waals surface area contributed by atoms with Crippen molar-refractivity contribution >= 4 is 41.5 Å². The smallest absolute Gasteiger partial charge is 0.265 e. The van der Waals surface area contributed by atoms with Gasteiger partial charge in [0, 0.05) is 19.6 Å². The first kappa shape index (κ1) is 25.0. The van der Waals surface area contributed by atoms with Crippen LogP contribution < -0.4 is 20.3 Å². The number of anilines is 1. The Morgan fingerprint density at radius 3 is 2.74 bits per heavy atom. The number of hydrogen-bond acceptors (Lipinski definition) is 5. The zero-order valence-corrected chi connectivity index (χ0v) is 20.5. The molecule has 1 unspecified atom stereocenters. The van der Waals surface area contributed by atoms with Gasteiger partial charge in [-0.1, -0.05) is 12.1 Å². The molecule has 3 rings (SSSR count). The average molecular weight is 542 g/mol. The summed E-state index contributed by atoms with van der Waals surface area (Å²) in [6.45, 7) is 7.62. The number of aliphatic hydroxyl groups is 1. The molecule has 0 aliphatic carbocycles. The van der Waals surface area contributed by atoms with E-state index >= 15 is 0 Å². The number of nitrogens with one attached hydrogen (secondary N) is 2. The number of benzene rings is 1. The summed E-state index contributed by atoms with van der Waals surface area (Å²) in [5.74, 6) is 2.53. The molecule has 0 spiro atoms. The molecule has 0 saturated carbocycles. The summed E-state index contributed by atoms with van der Waals surface area (Å²) < 4.78 is 11.0. The third kappa shape index (κ3) is 6.60. The van der Waals surface area contributed by atoms with Crippen LogP contribution in [0.5, 0.6) is 5.75 Å². The minimum Gasteiger partial charge on any atom is -0.482 e. The maximum absolute atomic E-state index is 12.2. The Balaban J connectivity index is 0.00000341. The lowest BCUT2D eigenvalue weighted by molar-refractivity contribution is -0.121. The highest BCUT2D eigenvalue weighted by Gasteiger charge is 2.27. The SMILES string of the molecule is CCNC(=NCC(C)(O)c1ccc(C)o1)NCCCN1C(=O)COc2ccccc21.I. The molecule has 31 heavy (non-hydrogen) atoms. The Bertz CT molecular complexity index is 897. The quantitative estimate of drug-likeness (QED) is 0.206. The van der Waals surface area contributed by atoms with Crippen molar-refractivity contribution in [2.45, 2.75) is 32.8 Å². The Morgan fingerprint density at radius 2 is 2.03 bits per heavy atom. The van der Waals surface area contributed by atoms with Gasteiger partial charge in [0.05, 0.1) is 12.2 Å². The van der Waals surface area contributed by atoms with E-state index in [1.165, 1.54) is 0 Å². The molecule has 0 saturated heterocycles. The summed E-state index contributed by atoms with van der Waals surface area (Å²) in [5.41, 5.74) is -0.389. The molecule has 1 aromatic heterocycles. The molecule has 0 bridgehead atoms. The molecule has 9 heteroatoms. The van der Waals surface area contributed by atoms with Gasteiger partial charge >= 0.3 is 0 Å². The molecule has 1 aliphatic heterocycles. The lowest BCUT2D eigenvalue weighted by Gasteiger charge is -2.29. The van der Waals surface area contributed by atoms with Crippen LogP contribution in [-0.4, -0.2) is 49.8 Å². The van der Waals surface area contributed by atoms with Crippen LogP contribution in [-0.2, 0) is 10.4 Å². The maximum atomic E-state index is 12.2. The summed E-state index contributed by atoms with van der Waals surface area (Å²) >= 11 is 0. The fourth-order valence-corrected chi connectivity index (χ4v) is 3.22. The van der Waals surface area contributed by atoms with E-state index in [1.807, 2.05) is 44.2 Å². The molecular weight excluding hydrogens is 511 g/mol. The van der Waals surface area contributed by atoms with Gasteiger partial charge in [0.2, 0.25) is 0 Å². The molecule has 8 nitrogen and oxygen atoms in total. The van der Waals surface area contributed by atoms with Crippen molar-refractivity contribution in [3.63, 3.8) is 0 Å². The zero-order valence-electron chi connectivity index (χ0n) is 18.2. The van der Waals surface area contributed by atoms with E-state index in [1.54, 1.807) is 17.9 Å². The molecule has 2 aromatic rings. The van der Waals surface area contributed by atoms with Gasteiger partial charge in [0.25, 0.3) is 5.91 Å². The van der Waals surface area contributed by atoms with Gasteiger partial charge in [0.15, 0.2) is 12.6 Å². The van der Waals surface area contributed by atoms with E-state index in [-0.39, 0.29) is 43.0 Å². The number of nitrogens with zero attached hydrogens (tertiary/aromatic N) is 2. The number of guanidine groups is 1. The Morgan fingerprint density at radius 1 is 1.26 bits per heavy atom. The highest BCUT2D eigenvalue weighted by atomic mass is 127. The molecule has 170 valence electrons. The number of rotatable bonds is 8. The van der Waals surface area contributed by atoms with Crippen LogP contribution in [0.4, 0.5) is 5.69 Å².